The number of rotatable bonds is 7. The summed E-state index contributed by atoms with van der Waals surface area (Å²) >= 11 is 7.24. The molecule has 150 valence electrons. The number of amides is 1. The van der Waals surface area contributed by atoms with Crippen LogP contribution >= 0.6 is 22.9 Å². The molecule has 2 N–H and O–H groups in total. The molecule has 0 atom stereocenters. The highest BCUT2D eigenvalue weighted by atomic mass is 35.5. The summed E-state index contributed by atoms with van der Waals surface area (Å²) in [6.07, 6.45) is 1.73. The number of aromatic nitrogens is 2. The molecule has 2 aromatic heterocycles. The number of nitrogens with one attached hydrogen (secondary N) is 2. The first-order chi connectivity index (χ1) is 14.6. The van der Waals surface area contributed by atoms with Gasteiger partial charge in [-0.1, -0.05) is 29.8 Å². The van der Waals surface area contributed by atoms with Crippen LogP contribution in [0.3, 0.4) is 0 Å². The molecule has 0 saturated heterocycles. The third-order valence-electron chi connectivity index (χ3n) is 3.97. The summed E-state index contributed by atoms with van der Waals surface area (Å²) in [5, 5.41) is 9.03. The Kier molecular flexibility index (Phi) is 6.22. The molecule has 4 rings (SSSR count). The highest BCUT2D eigenvalue weighted by Gasteiger charge is 2.09. The second-order valence-electron chi connectivity index (χ2n) is 6.30. The van der Waals surface area contributed by atoms with Crippen molar-refractivity contribution in [2.24, 2.45) is 0 Å². The number of nitrogens with zero attached hydrogens (tertiary/aromatic N) is 2. The van der Waals surface area contributed by atoms with E-state index in [0.29, 0.717) is 33.1 Å². The zero-order valence-electron chi connectivity index (χ0n) is 15.7. The van der Waals surface area contributed by atoms with E-state index >= 15 is 0 Å². The Morgan fingerprint density at radius 3 is 2.50 bits per heavy atom. The second kappa shape index (κ2) is 9.39. The quantitative estimate of drug-likeness (QED) is 0.376. The summed E-state index contributed by atoms with van der Waals surface area (Å²) in [5.41, 5.74) is 1.37. The van der Waals surface area contributed by atoms with E-state index in [-0.39, 0.29) is 12.3 Å². The molecule has 0 saturated carbocycles. The minimum absolute atomic E-state index is 0.145. The standard InChI is InChI=1S/C22H17ClN4O2S/c23-15-6-11-20(24-13-15)27-22-26-17(14-30-22)12-21(28)25-16-7-9-19(10-8-16)29-18-4-2-1-3-5-18/h1-11,13-14H,12H2,(H,25,28)(H,24,26,27). The summed E-state index contributed by atoms with van der Waals surface area (Å²) in [7, 11) is 0. The lowest BCUT2D eigenvalue weighted by Gasteiger charge is -2.07. The molecule has 0 radical (unpaired) electrons. The van der Waals surface area contributed by atoms with E-state index in [0.717, 1.165) is 5.75 Å². The maximum atomic E-state index is 12.3. The average molecular weight is 437 g/mol. The van der Waals surface area contributed by atoms with Crippen molar-refractivity contribution >= 4 is 45.5 Å². The molecule has 0 spiro atoms. The fraction of sp³-hybridized carbons (Fsp3) is 0.0455. The summed E-state index contributed by atoms with van der Waals surface area (Å²) in [4.78, 5) is 20.9. The van der Waals surface area contributed by atoms with Gasteiger partial charge in [0.05, 0.1) is 17.1 Å². The van der Waals surface area contributed by atoms with E-state index in [1.54, 1.807) is 30.5 Å². The van der Waals surface area contributed by atoms with Crippen LogP contribution in [0.25, 0.3) is 0 Å². The van der Waals surface area contributed by atoms with Gasteiger partial charge in [-0.3, -0.25) is 4.79 Å². The number of benzene rings is 2. The molecule has 1 amide bonds. The molecule has 2 heterocycles. The average Bonchev–Trinajstić information content (AvgIpc) is 3.18. The highest BCUT2D eigenvalue weighted by molar-refractivity contribution is 7.13. The smallest absolute Gasteiger partial charge is 0.230 e. The topological polar surface area (TPSA) is 76.1 Å². The molecule has 0 bridgehead atoms. The second-order valence-corrected chi connectivity index (χ2v) is 7.59. The third kappa shape index (κ3) is 5.56. The Morgan fingerprint density at radius 1 is 1.00 bits per heavy atom. The van der Waals surface area contributed by atoms with Gasteiger partial charge in [0.1, 0.15) is 17.3 Å². The van der Waals surface area contributed by atoms with Gasteiger partial charge in [-0.15, -0.1) is 11.3 Å². The molecule has 0 aliphatic heterocycles. The number of pyridine rings is 1. The lowest BCUT2D eigenvalue weighted by atomic mass is 10.2. The van der Waals surface area contributed by atoms with Crippen molar-refractivity contribution in [1.82, 2.24) is 9.97 Å². The largest absolute Gasteiger partial charge is 0.457 e. The summed E-state index contributed by atoms with van der Waals surface area (Å²) in [6.45, 7) is 0. The van der Waals surface area contributed by atoms with E-state index in [1.807, 2.05) is 47.8 Å². The van der Waals surface area contributed by atoms with Crippen LogP contribution in [0.5, 0.6) is 11.5 Å². The number of anilines is 3. The fourth-order valence-corrected chi connectivity index (χ4v) is 3.43. The first-order valence-corrected chi connectivity index (χ1v) is 10.4. The highest BCUT2D eigenvalue weighted by Crippen LogP contribution is 2.23. The van der Waals surface area contributed by atoms with E-state index in [9.17, 15) is 4.79 Å². The minimum Gasteiger partial charge on any atom is -0.457 e. The van der Waals surface area contributed by atoms with Crippen LogP contribution in [0.15, 0.2) is 78.3 Å². The number of hydrogen-bond acceptors (Lipinski definition) is 6. The van der Waals surface area contributed by atoms with Gasteiger partial charge in [0.2, 0.25) is 5.91 Å². The van der Waals surface area contributed by atoms with Crippen LogP contribution in [0, 0.1) is 0 Å². The van der Waals surface area contributed by atoms with Crippen molar-refractivity contribution in [1.29, 1.82) is 0 Å². The molecule has 2 aromatic carbocycles. The maximum absolute atomic E-state index is 12.3. The van der Waals surface area contributed by atoms with E-state index in [4.69, 9.17) is 16.3 Å². The van der Waals surface area contributed by atoms with Crippen molar-refractivity contribution in [3.63, 3.8) is 0 Å². The molecule has 8 heteroatoms. The number of carbonyl (C=O) groups is 1. The molecule has 0 aliphatic rings. The van der Waals surface area contributed by atoms with Gasteiger partial charge in [-0.2, -0.15) is 0 Å². The van der Waals surface area contributed by atoms with Crippen molar-refractivity contribution in [3.8, 4) is 11.5 Å². The van der Waals surface area contributed by atoms with Gasteiger partial charge >= 0.3 is 0 Å². The number of thiazole rings is 1. The maximum Gasteiger partial charge on any atom is 0.230 e. The predicted octanol–water partition coefficient (Wildman–Crippen LogP) is 5.91. The summed E-state index contributed by atoms with van der Waals surface area (Å²) < 4.78 is 5.75. The molecular weight excluding hydrogens is 420 g/mol. The molecule has 30 heavy (non-hydrogen) atoms. The van der Waals surface area contributed by atoms with Gasteiger partial charge in [0, 0.05) is 17.3 Å². The third-order valence-corrected chi connectivity index (χ3v) is 5.00. The predicted molar refractivity (Wildman–Crippen MR) is 120 cm³/mol. The van der Waals surface area contributed by atoms with Crippen LogP contribution in [0.1, 0.15) is 5.69 Å². The Hall–Kier alpha value is -3.42. The Bertz CT molecular complexity index is 1120. The Balaban J connectivity index is 1.30. The first kappa shape index (κ1) is 19.9. The monoisotopic (exact) mass is 436 g/mol. The van der Waals surface area contributed by atoms with Crippen LogP contribution in [0.2, 0.25) is 5.02 Å². The van der Waals surface area contributed by atoms with E-state index in [1.165, 1.54) is 11.3 Å². The van der Waals surface area contributed by atoms with Crippen LogP contribution in [-0.2, 0) is 11.2 Å². The van der Waals surface area contributed by atoms with Gasteiger partial charge in [0.15, 0.2) is 5.13 Å². The van der Waals surface area contributed by atoms with Gasteiger partial charge in [-0.25, -0.2) is 9.97 Å². The number of carbonyl (C=O) groups excluding carboxylic acids is 1. The molecule has 0 fully saturated rings. The van der Waals surface area contributed by atoms with E-state index < -0.39 is 0 Å². The van der Waals surface area contributed by atoms with Crippen molar-refractivity contribution < 1.29 is 9.53 Å². The molecule has 0 unspecified atom stereocenters. The van der Waals surface area contributed by atoms with Gasteiger partial charge in [0.25, 0.3) is 0 Å². The zero-order chi connectivity index (χ0) is 20.8. The van der Waals surface area contributed by atoms with Gasteiger partial charge < -0.3 is 15.4 Å². The Morgan fingerprint density at radius 2 is 1.77 bits per heavy atom. The Labute approximate surface area is 182 Å². The first-order valence-electron chi connectivity index (χ1n) is 9.10. The number of halogens is 1. The van der Waals surface area contributed by atoms with Crippen molar-refractivity contribution in [2.45, 2.75) is 6.42 Å². The summed E-state index contributed by atoms with van der Waals surface area (Å²) in [5.74, 6) is 1.96. The fourth-order valence-electron chi connectivity index (χ4n) is 2.61. The molecular formula is C22H17ClN4O2S. The van der Waals surface area contributed by atoms with Crippen molar-refractivity contribution in [2.75, 3.05) is 10.6 Å². The lowest BCUT2D eigenvalue weighted by molar-refractivity contribution is -0.115. The van der Waals surface area contributed by atoms with Crippen LogP contribution in [0.4, 0.5) is 16.6 Å². The number of ether oxygens (including phenoxy) is 1. The van der Waals surface area contributed by atoms with E-state index in [2.05, 4.69) is 20.6 Å². The number of para-hydroxylation sites is 1. The SMILES string of the molecule is O=C(Cc1csc(Nc2ccc(Cl)cn2)n1)Nc1ccc(Oc2ccccc2)cc1. The van der Waals surface area contributed by atoms with Crippen LogP contribution in [-0.4, -0.2) is 15.9 Å². The number of hydrogen-bond donors (Lipinski definition) is 2. The molecule has 4 aromatic rings. The van der Waals surface area contributed by atoms with Crippen molar-refractivity contribution in [3.05, 3.63) is 89.0 Å². The molecule has 6 nitrogen and oxygen atoms in total. The summed E-state index contributed by atoms with van der Waals surface area (Å²) in [6, 6.07) is 20.3. The minimum atomic E-state index is -0.145. The molecule has 0 aliphatic carbocycles. The normalized spacial score (nSPS) is 10.4. The zero-order valence-corrected chi connectivity index (χ0v) is 17.3. The van der Waals surface area contributed by atoms with Crippen LogP contribution < -0.4 is 15.4 Å². The van der Waals surface area contributed by atoms with Gasteiger partial charge in [-0.05, 0) is 48.5 Å². The lowest BCUT2D eigenvalue weighted by Crippen LogP contribution is -2.14.